The van der Waals surface area contributed by atoms with Gasteiger partial charge in [-0.15, -0.1) is 0 Å². The Kier molecular flexibility index (Phi) is 3.93. The predicted molar refractivity (Wildman–Crippen MR) is 86.4 cm³/mol. The summed E-state index contributed by atoms with van der Waals surface area (Å²) in [4.78, 5) is 0. The van der Waals surface area contributed by atoms with Crippen molar-refractivity contribution in [3.63, 3.8) is 0 Å². The number of ether oxygens (including phenoxy) is 1. The third-order valence-corrected chi connectivity index (χ3v) is 4.21. The highest BCUT2D eigenvalue weighted by Crippen LogP contribution is 2.50. The lowest BCUT2D eigenvalue weighted by molar-refractivity contribution is 0.0811. The van der Waals surface area contributed by atoms with Crippen molar-refractivity contribution in [3.8, 4) is 11.8 Å². The molecule has 3 heteroatoms. The van der Waals surface area contributed by atoms with E-state index in [2.05, 4.69) is 39.1 Å². The molecule has 0 atom stereocenters. The van der Waals surface area contributed by atoms with Gasteiger partial charge in [-0.25, -0.2) is 0 Å². The quantitative estimate of drug-likeness (QED) is 0.882. The fourth-order valence-electron chi connectivity index (χ4n) is 4.26. The van der Waals surface area contributed by atoms with Crippen molar-refractivity contribution in [3.05, 3.63) is 24.3 Å². The van der Waals surface area contributed by atoms with Gasteiger partial charge in [-0.1, -0.05) is 27.7 Å². The minimum absolute atomic E-state index is 0.164. The van der Waals surface area contributed by atoms with E-state index in [1.807, 2.05) is 24.3 Å². The molecule has 0 spiro atoms. The maximum absolute atomic E-state index is 9.83. The Balaban J connectivity index is 2.26. The molecule has 1 aromatic carbocycles. The van der Waals surface area contributed by atoms with Crippen LogP contribution in [0.5, 0.6) is 5.75 Å². The highest BCUT2D eigenvalue weighted by molar-refractivity contribution is 5.50. The van der Waals surface area contributed by atoms with E-state index in [0.717, 1.165) is 30.7 Å². The van der Waals surface area contributed by atoms with Gasteiger partial charge in [0.15, 0.2) is 0 Å². The zero-order chi connectivity index (χ0) is 15.7. The van der Waals surface area contributed by atoms with E-state index in [1.54, 1.807) is 7.11 Å². The number of nitrogens with zero attached hydrogens (tertiary/aromatic N) is 1. The lowest BCUT2D eigenvalue weighted by Crippen LogP contribution is -2.50. The van der Waals surface area contributed by atoms with Crippen molar-refractivity contribution in [2.24, 2.45) is 10.8 Å². The van der Waals surface area contributed by atoms with Crippen molar-refractivity contribution in [1.82, 2.24) is 0 Å². The van der Waals surface area contributed by atoms with E-state index in [1.165, 1.54) is 0 Å². The number of rotatable bonds is 3. The van der Waals surface area contributed by atoms with Gasteiger partial charge in [0.25, 0.3) is 0 Å². The number of nitrogens with one attached hydrogen (secondary N) is 1. The molecule has 1 aliphatic carbocycles. The molecule has 0 amide bonds. The highest BCUT2D eigenvalue weighted by atomic mass is 16.5. The molecule has 0 radical (unpaired) electrons. The molecule has 3 nitrogen and oxygen atoms in total. The molecule has 1 aliphatic rings. The van der Waals surface area contributed by atoms with Gasteiger partial charge < -0.3 is 10.1 Å². The van der Waals surface area contributed by atoms with E-state index < -0.39 is 5.54 Å². The first-order valence-corrected chi connectivity index (χ1v) is 7.53. The summed E-state index contributed by atoms with van der Waals surface area (Å²) in [5.74, 6) is 0.830. The monoisotopic (exact) mass is 286 g/mol. The number of nitriles is 1. The zero-order valence-corrected chi connectivity index (χ0v) is 13.8. The van der Waals surface area contributed by atoms with Crippen molar-refractivity contribution in [2.45, 2.75) is 52.5 Å². The smallest absolute Gasteiger partial charge is 0.126 e. The summed E-state index contributed by atoms with van der Waals surface area (Å²) in [5.41, 5.74) is 0.805. The Morgan fingerprint density at radius 3 is 1.95 bits per heavy atom. The van der Waals surface area contributed by atoms with Gasteiger partial charge in [-0.3, -0.25) is 0 Å². The predicted octanol–water partition coefficient (Wildman–Crippen LogP) is 4.61. The maximum atomic E-state index is 9.83. The second kappa shape index (κ2) is 5.26. The van der Waals surface area contributed by atoms with Crippen LogP contribution in [0.2, 0.25) is 0 Å². The summed E-state index contributed by atoms with van der Waals surface area (Å²) in [5, 5.41) is 13.3. The van der Waals surface area contributed by atoms with Gasteiger partial charge in [0.1, 0.15) is 11.3 Å². The minimum atomic E-state index is -0.500. The average molecular weight is 286 g/mol. The van der Waals surface area contributed by atoms with Gasteiger partial charge in [0.2, 0.25) is 0 Å². The third-order valence-electron chi connectivity index (χ3n) is 4.21. The van der Waals surface area contributed by atoms with E-state index in [-0.39, 0.29) is 10.8 Å². The number of anilines is 1. The molecule has 2 rings (SSSR count). The van der Waals surface area contributed by atoms with Gasteiger partial charge in [-0.2, -0.15) is 5.26 Å². The largest absolute Gasteiger partial charge is 0.497 e. The Bertz CT molecular complexity index is 521. The second-order valence-corrected chi connectivity index (χ2v) is 7.91. The molecule has 0 heterocycles. The summed E-state index contributed by atoms with van der Waals surface area (Å²) in [7, 11) is 1.66. The molecule has 0 bridgehead atoms. The topological polar surface area (TPSA) is 45.0 Å². The molecule has 114 valence electrons. The lowest BCUT2D eigenvalue weighted by Gasteiger charge is -2.49. The molecule has 1 N–H and O–H groups in total. The van der Waals surface area contributed by atoms with E-state index >= 15 is 0 Å². The number of benzene rings is 1. The number of hydrogen-bond acceptors (Lipinski definition) is 3. The molecule has 0 aromatic heterocycles. The van der Waals surface area contributed by atoms with Crippen LogP contribution in [-0.4, -0.2) is 12.6 Å². The normalized spacial score (nSPS) is 22.1. The number of methoxy groups -OCH3 is 1. The van der Waals surface area contributed by atoms with Crippen LogP contribution >= 0.6 is 0 Å². The van der Waals surface area contributed by atoms with Crippen LogP contribution < -0.4 is 10.1 Å². The Morgan fingerprint density at radius 1 is 1.00 bits per heavy atom. The maximum Gasteiger partial charge on any atom is 0.126 e. The van der Waals surface area contributed by atoms with Crippen molar-refractivity contribution in [2.75, 3.05) is 12.4 Å². The summed E-state index contributed by atoms with van der Waals surface area (Å²) < 4.78 is 5.18. The van der Waals surface area contributed by atoms with Crippen molar-refractivity contribution >= 4 is 5.69 Å². The van der Waals surface area contributed by atoms with Crippen LogP contribution in [0.4, 0.5) is 5.69 Å². The average Bonchev–Trinajstić information content (AvgIpc) is 2.36. The van der Waals surface area contributed by atoms with Crippen LogP contribution in [-0.2, 0) is 0 Å². The Hall–Kier alpha value is -1.69. The highest BCUT2D eigenvalue weighted by Gasteiger charge is 2.47. The van der Waals surface area contributed by atoms with E-state index in [9.17, 15) is 5.26 Å². The Morgan fingerprint density at radius 2 is 1.52 bits per heavy atom. The standard InChI is InChI=1S/C18H26N2O/c1-16(2)10-17(3,4)12-18(11-16,13-19)20-14-6-8-15(21-5)9-7-14/h6-9,20H,10-12H2,1-5H3. The first-order chi connectivity index (χ1) is 9.69. The number of hydrogen-bond donors (Lipinski definition) is 1. The van der Waals surface area contributed by atoms with Crippen LogP contribution in [0.3, 0.4) is 0 Å². The first kappa shape index (κ1) is 15.7. The summed E-state index contributed by atoms with van der Waals surface area (Å²) in [6.07, 6.45) is 2.88. The van der Waals surface area contributed by atoms with Crippen LogP contribution in [0, 0.1) is 22.2 Å². The van der Waals surface area contributed by atoms with Crippen LogP contribution in [0.15, 0.2) is 24.3 Å². The summed E-state index contributed by atoms with van der Waals surface area (Å²) in [6, 6.07) is 10.4. The van der Waals surface area contributed by atoms with Gasteiger partial charge >= 0.3 is 0 Å². The SMILES string of the molecule is COc1ccc(NC2(C#N)CC(C)(C)CC(C)(C)C2)cc1. The molecule has 21 heavy (non-hydrogen) atoms. The molecule has 0 saturated heterocycles. The molecule has 1 fully saturated rings. The lowest BCUT2D eigenvalue weighted by atomic mass is 9.58. The Labute approximate surface area is 128 Å². The van der Waals surface area contributed by atoms with E-state index in [4.69, 9.17) is 4.74 Å². The van der Waals surface area contributed by atoms with E-state index in [0.29, 0.717) is 0 Å². The zero-order valence-electron chi connectivity index (χ0n) is 13.8. The summed E-state index contributed by atoms with van der Waals surface area (Å²) in [6.45, 7) is 9.04. The van der Waals surface area contributed by atoms with Crippen LogP contribution in [0.25, 0.3) is 0 Å². The molecular formula is C18H26N2O. The molecule has 1 aromatic rings. The molecule has 0 unspecified atom stereocenters. The van der Waals surface area contributed by atoms with Gasteiger partial charge in [0, 0.05) is 5.69 Å². The molecule has 1 saturated carbocycles. The second-order valence-electron chi connectivity index (χ2n) is 7.91. The molecule has 0 aliphatic heterocycles. The fourth-order valence-corrected chi connectivity index (χ4v) is 4.26. The fraction of sp³-hybridized carbons (Fsp3) is 0.611. The first-order valence-electron chi connectivity index (χ1n) is 7.53. The summed E-state index contributed by atoms with van der Waals surface area (Å²) >= 11 is 0. The van der Waals surface area contributed by atoms with Crippen LogP contribution in [0.1, 0.15) is 47.0 Å². The van der Waals surface area contributed by atoms with Crippen molar-refractivity contribution < 1.29 is 4.74 Å². The third kappa shape index (κ3) is 3.69. The van der Waals surface area contributed by atoms with Crippen molar-refractivity contribution in [1.29, 1.82) is 5.26 Å². The molecular weight excluding hydrogens is 260 g/mol. The minimum Gasteiger partial charge on any atom is -0.497 e. The van der Waals surface area contributed by atoms with Gasteiger partial charge in [-0.05, 0) is 54.4 Å². The van der Waals surface area contributed by atoms with Gasteiger partial charge in [0.05, 0.1) is 13.2 Å².